The zero-order valence-corrected chi connectivity index (χ0v) is 18.5. The summed E-state index contributed by atoms with van der Waals surface area (Å²) in [5, 5.41) is 12.6. The van der Waals surface area contributed by atoms with Gasteiger partial charge in [0.2, 0.25) is 0 Å². The van der Waals surface area contributed by atoms with Gasteiger partial charge in [-0.05, 0) is 68.5 Å². The van der Waals surface area contributed by atoms with Crippen LogP contribution in [0.3, 0.4) is 0 Å². The number of aryl methyl sites for hydroxylation is 1. The molecule has 0 spiro atoms. The van der Waals surface area contributed by atoms with E-state index in [0.717, 1.165) is 49.0 Å². The van der Waals surface area contributed by atoms with Crippen LogP contribution in [0, 0.1) is 5.92 Å². The lowest BCUT2D eigenvalue weighted by atomic mass is 10.2. The molecule has 158 valence electrons. The van der Waals surface area contributed by atoms with Crippen molar-refractivity contribution in [3.63, 3.8) is 0 Å². The van der Waals surface area contributed by atoms with E-state index in [9.17, 15) is 4.79 Å². The van der Waals surface area contributed by atoms with E-state index in [-0.39, 0.29) is 5.91 Å². The van der Waals surface area contributed by atoms with Crippen LogP contribution in [0.1, 0.15) is 62.1 Å². The van der Waals surface area contributed by atoms with Crippen molar-refractivity contribution in [2.45, 2.75) is 70.2 Å². The highest BCUT2D eigenvalue weighted by Crippen LogP contribution is 2.24. The molecule has 0 unspecified atom stereocenters. The molecule has 0 radical (unpaired) electrons. The highest BCUT2D eigenvalue weighted by molar-refractivity contribution is 7.98. The summed E-state index contributed by atoms with van der Waals surface area (Å²) >= 11 is 1.62. The Balaban J connectivity index is 1.44. The number of hydrogen-bond donors (Lipinski definition) is 1. The summed E-state index contributed by atoms with van der Waals surface area (Å²) in [5.41, 5.74) is 0.663. The van der Waals surface area contributed by atoms with Crippen molar-refractivity contribution >= 4 is 17.7 Å². The molecule has 1 saturated carbocycles. The van der Waals surface area contributed by atoms with Gasteiger partial charge in [0, 0.05) is 25.1 Å². The van der Waals surface area contributed by atoms with Crippen LogP contribution in [0.2, 0.25) is 0 Å². The second-order valence-electron chi connectivity index (χ2n) is 8.02. The van der Waals surface area contributed by atoms with E-state index in [2.05, 4.69) is 33.9 Å². The summed E-state index contributed by atoms with van der Waals surface area (Å²) in [7, 11) is 0. The number of ether oxygens (including phenoxy) is 1. The third kappa shape index (κ3) is 6.23. The van der Waals surface area contributed by atoms with Gasteiger partial charge < -0.3 is 14.6 Å². The molecule has 1 aromatic heterocycles. The highest BCUT2D eigenvalue weighted by atomic mass is 32.2. The average molecular weight is 417 g/mol. The van der Waals surface area contributed by atoms with E-state index in [0.29, 0.717) is 24.1 Å². The number of aromatic nitrogens is 3. The maximum atomic E-state index is 12.4. The first-order valence-electron chi connectivity index (χ1n) is 10.6. The third-order valence-electron chi connectivity index (χ3n) is 5.11. The molecular weight excluding hydrogens is 384 g/mol. The summed E-state index contributed by atoms with van der Waals surface area (Å²) in [6.45, 7) is 5.92. The van der Waals surface area contributed by atoms with Crippen LogP contribution >= 0.6 is 11.8 Å². The minimum atomic E-state index is -0.0501. The van der Waals surface area contributed by atoms with Crippen molar-refractivity contribution in [1.82, 2.24) is 20.1 Å². The Labute approximate surface area is 177 Å². The number of nitrogens with zero attached hydrogens (tertiary/aromatic N) is 3. The van der Waals surface area contributed by atoms with Crippen molar-refractivity contribution in [2.75, 3.05) is 12.8 Å². The number of thioether (sulfide) groups is 1. The number of rotatable bonds is 10. The highest BCUT2D eigenvalue weighted by Gasteiger charge is 2.17. The van der Waals surface area contributed by atoms with E-state index < -0.39 is 0 Å². The molecule has 0 aliphatic heterocycles. The van der Waals surface area contributed by atoms with Crippen molar-refractivity contribution in [3.8, 4) is 5.75 Å². The zero-order valence-electron chi connectivity index (χ0n) is 17.7. The molecule has 1 aromatic carbocycles. The molecule has 6 nitrogen and oxygen atoms in total. The molecular formula is C22H32N4O2S. The average Bonchev–Trinajstić information content (AvgIpc) is 3.35. The summed E-state index contributed by atoms with van der Waals surface area (Å²) in [6, 6.07) is 7.46. The molecule has 1 heterocycles. The zero-order chi connectivity index (χ0) is 20.6. The molecule has 1 fully saturated rings. The van der Waals surface area contributed by atoms with Gasteiger partial charge in [-0.25, -0.2) is 0 Å². The number of carbonyl (C=O) groups is 1. The lowest BCUT2D eigenvalue weighted by molar-refractivity contribution is 0.0953. The van der Waals surface area contributed by atoms with E-state index in [1.54, 1.807) is 11.8 Å². The lowest BCUT2D eigenvalue weighted by Gasteiger charge is -2.13. The van der Waals surface area contributed by atoms with Gasteiger partial charge in [0.15, 0.2) is 5.16 Å². The molecule has 2 aromatic rings. The Bertz CT molecular complexity index is 783. The summed E-state index contributed by atoms with van der Waals surface area (Å²) in [6.07, 6.45) is 8.74. The fraction of sp³-hybridized carbons (Fsp3) is 0.591. The predicted molar refractivity (Wildman–Crippen MR) is 117 cm³/mol. The summed E-state index contributed by atoms with van der Waals surface area (Å²) in [4.78, 5) is 12.4. The Hall–Kier alpha value is -2.02. The van der Waals surface area contributed by atoms with Gasteiger partial charge in [-0.1, -0.05) is 25.6 Å². The fourth-order valence-electron chi connectivity index (χ4n) is 3.64. The van der Waals surface area contributed by atoms with Gasteiger partial charge in [-0.2, -0.15) is 0 Å². The van der Waals surface area contributed by atoms with Crippen LogP contribution in [-0.4, -0.2) is 39.6 Å². The number of benzene rings is 1. The normalized spacial score (nSPS) is 14.5. The molecule has 7 heteroatoms. The van der Waals surface area contributed by atoms with E-state index >= 15 is 0 Å². The molecule has 0 bridgehead atoms. The van der Waals surface area contributed by atoms with Crippen molar-refractivity contribution in [1.29, 1.82) is 0 Å². The molecule has 0 atom stereocenters. The SMILES string of the molecule is CSc1nnc(CCCNC(=O)c2ccc(OC3CCCC3)cc2)n1CC(C)C. The van der Waals surface area contributed by atoms with Gasteiger partial charge in [-0.15, -0.1) is 10.2 Å². The summed E-state index contributed by atoms with van der Waals surface area (Å²) in [5.74, 6) is 2.33. The summed E-state index contributed by atoms with van der Waals surface area (Å²) < 4.78 is 8.15. The van der Waals surface area contributed by atoms with Crippen LogP contribution in [-0.2, 0) is 13.0 Å². The first-order valence-corrected chi connectivity index (χ1v) is 11.8. The Kier molecular flexibility index (Phi) is 7.98. The predicted octanol–water partition coefficient (Wildman–Crippen LogP) is 4.34. The van der Waals surface area contributed by atoms with Gasteiger partial charge in [0.05, 0.1) is 6.10 Å². The lowest BCUT2D eigenvalue weighted by Crippen LogP contribution is -2.25. The van der Waals surface area contributed by atoms with Crippen molar-refractivity contribution in [3.05, 3.63) is 35.7 Å². The minimum Gasteiger partial charge on any atom is -0.490 e. The number of nitrogens with one attached hydrogen (secondary N) is 1. The first kappa shape index (κ1) is 21.7. The topological polar surface area (TPSA) is 69.0 Å². The van der Waals surface area contributed by atoms with Crippen molar-refractivity contribution < 1.29 is 9.53 Å². The van der Waals surface area contributed by atoms with E-state index in [1.807, 2.05) is 30.5 Å². The van der Waals surface area contributed by atoms with E-state index in [1.165, 1.54) is 12.8 Å². The largest absolute Gasteiger partial charge is 0.490 e. The fourth-order valence-corrected chi connectivity index (χ4v) is 4.16. The standard InChI is InChI=1S/C22H32N4O2S/c1-16(2)15-26-20(24-25-22(26)29-3)9-6-14-23-21(27)17-10-12-19(13-11-17)28-18-7-4-5-8-18/h10-13,16,18H,4-9,14-15H2,1-3H3,(H,23,27). The van der Waals surface area contributed by atoms with Crippen molar-refractivity contribution in [2.24, 2.45) is 5.92 Å². The Morgan fingerprint density at radius 3 is 2.62 bits per heavy atom. The maximum Gasteiger partial charge on any atom is 0.251 e. The van der Waals surface area contributed by atoms with Crippen LogP contribution < -0.4 is 10.1 Å². The number of amides is 1. The molecule has 3 rings (SSSR count). The second-order valence-corrected chi connectivity index (χ2v) is 8.79. The van der Waals surface area contributed by atoms with Crippen LogP contribution in [0.4, 0.5) is 0 Å². The molecule has 1 aliphatic carbocycles. The Morgan fingerprint density at radius 2 is 1.97 bits per heavy atom. The van der Waals surface area contributed by atoms with Crippen LogP contribution in [0.15, 0.2) is 29.4 Å². The molecule has 0 saturated heterocycles. The van der Waals surface area contributed by atoms with Gasteiger partial charge in [0.1, 0.15) is 11.6 Å². The van der Waals surface area contributed by atoms with Crippen LogP contribution in [0.5, 0.6) is 5.75 Å². The number of carbonyl (C=O) groups excluding carboxylic acids is 1. The van der Waals surface area contributed by atoms with Gasteiger partial charge in [0.25, 0.3) is 5.91 Å². The van der Waals surface area contributed by atoms with Gasteiger partial charge >= 0.3 is 0 Å². The van der Waals surface area contributed by atoms with Crippen LogP contribution in [0.25, 0.3) is 0 Å². The number of hydrogen-bond acceptors (Lipinski definition) is 5. The monoisotopic (exact) mass is 416 g/mol. The molecule has 1 amide bonds. The smallest absolute Gasteiger partial charge is 0.251 e. The quantitative estimate of drug-likeness (QED) is 0.461. The second kappa shape index (κ2) is 10.7. The third-order valence-corrected chi connectivity index (χ3v) is 5.78. The maximum absolute atomic E-state index is 12.4. The van der Waals surface area contributed by atoms with E-state index in [4.69, 9.17) is 4.74 Å². The molecule has 1 aliphatic rings. The van der Waals surface area contributed by atoms with Gasteiger partial charge in [-0.3, -0.25) is 4.79 Å². The Morgan fingerprint density at radius 1 is 1.24 bits per heavy atom. The minimum absolute atomic E-state index is 0.0501. The molecule has 1 N–H and O–H groups in total. The molecule has 29 heavy (non-hydrogen) atoms. The first-order chi connectivity index (χ1) is 14.1.